The average Bonchev–Trinajstić information content (AvgIpc) is 2.88. The lowest BCUT2D eigenvalue weighted by Gasteiger charge is -2.17. The highest BCUT2D eigenvalue weighted by molar-refractivity contribution is 5.80. The molecule has 4 heteroatoms. The molecule has 1 amide bonds. The first kappa shape index (κ1) is 11.2. The molecular weight excluding hydrogens is 202 g/mol. The van der Waals surface area contributed by atoms with E-state index in [0.717, 1.165) is 18.5 Å². The van der Waals surface area contributed by atoms with E-state index in [1.807, 2.05) is 19.9 Å². The van der Waals surface area contributed by atoms with E-state index >= 15 is 0 Å². The standard InChI is InChI=1S/C12H19N3O/c1-9-7-8-13-15(9)10(2)12(16)14-11-5-3-4-6-11/h7-8,10-11H,3-6H2,1-2H3,(H,14,16). The molecule has 0 aromatic carbocycles. The van der Waals surface area contributed by atoms with Crippen molar-refractivity contribution in [2.45, 2.75) is 51.6 Å². The predicted octanol–water partition coefficient (Wildman–Crippen LogP) is 1.81. The Kier molecular flexibility index (Phi) is 3.27. The molecule has 1 fully saturated rings. The van der Waals surface area contributed by atoms with Crippen LogP contribution in [0.4, 0.5) is 0 Å². The number of nitrogens with zero attached hydrogens (tertiary/aromatic N) is 2. The molecule has 1 unspecified atom stereocenters. The van der Waals surface area contributed by atoms with E-state index < -0.39 is 0 Å². The molecule has 88 valence electrons. The first-order chi connectivity index (χ1) is 7.68. The largest absolute Gasteiger partial charge is 0.352 e. The Labute approximate surface area is 96.0 Å². The van der Waals surface area contributed by atoms with E-state index in [1.165, 1.54) is 12.8 Å². The molecule has 1 aromatic heterocycles. The fourth-order valence-corrected chi connectivity index (χ4v) is 2.29. The highest BCUT2D eigenvalue weighted by Gasteiger charge is 2.22. The lowest BCUT2D eigenvalue weighted by Crippen LogP contribution is -2.37. The van der Waals surface area contributed by atoms with Crippen LogP contribution in [0.5, 0.6) is 0 Å². The Bertz CT molecular complexity index is 366. The summed E-state index contributed by atoms with van der Waals surface area (Å²) in [6.07, 6.45) is 6.45. The van der Waals surface area contributed by atoms with Gasteiger partial charge in [0.15, 0.2) is 0 Å². The van der Waals surface area contributed by atoms with Crippen LogP contribution in [0.2, 0.25) is 0 Å². The van der Waals surface area contributed by atoms with Crippen molar-refractivity contribution in [2.24, 2.45) is 0 Å². The second kappa shape index (κ2) is 4.68. The second-order valence-electron chi connectivity index (χ2n) is 4.58. The average molecular weight is 221 g/mol. The van der Waals surface area contributed by atoms with Crippen molar-refractivity contribution in [3.63, 3.8) is 0 Å². The first-order valence-electron chi connectivity index (χ1n) is 5.99. The number of carbonyl (C=O) groups excluding carboxylic acids is 1. The summed E-state index contributed by atoms with van der Waals surface area (Å²) in [5.41, 5.74) is 1.02. The van der Waals surface area contributed by atoms with Gasteiger partial charge in [-0.2, -0.15) is 5.10 Å². The van der Waals surface area contributed by atoms with Gasteiger partial charge in [0, 0.05) is 17.9 Å². The molecule has 16 heavy (non-hydrogen) atoms. The van der Waals surface area contributed by atoms with Gasteiger partial charge in [-0.3, -0.25) is 9.48 Å². The summed E-state index contributed by atoms with van der Waals surface area (Å²) in [7, 11) is 0. The van der Waals surface area contributed by atoms with E-state index in [2.05, 4.69) is 10.4 Å². The molecule has 0 aliphatic heterocycles. The normalized spacial score (nSPS) is 18.6. The van der Waals surface area contributed by atoms with Gasteiger partial charge < -0.3 is 5.32 Å². The molecule has 0 radical (unpaired) electrons. The van der Waals surface area contributed by atoms with Gasteiger partial charge in [-0.1, -0.05) is 12.8 Å². The first-order valence-corrected chi connectivity index (χ1v) is 5.99. The van der Waals surface area contributed by atoms with Gasteiger partial charge in [0.05, 0.1) is 0 Å². The van der Waals surface area contributed by atoms with Crippen molar-refractivity contribution in [1.82, 2.24) is 15.1 Å². The van der Waals surface area contributed by atoms with Crippen molar-refractivity contribution in [3.8, 4) is 0 Å². The smallest absolute Gasteiger partial charge is 0.244 e. The van der Waals surface area contributed by atoms with E-state index in [4.69, 9.17) is 0 Å². The molecule has 0 bridgehead atoms. The van der Waals surface area contributed by atoms with Crippen molar-refractivity contribution in [3.05, 3.63) is 18.0 Å². The Morgan fingerprint density at radius 3 is 2.81 bits per heavy atom. The van der Waals surface area contributed by atoms with Gasteiger partial charge in [-0.15, -0.1) is 0 Å². The zero-order valence-electron chi connectivity index (χ0n) is 9.94. The quantitative estimate of drug-likeness (QED) is 0.846. The van der Waals surface area contributed by atoms with E-state index in [0.29, 0.717) is 6.04 Å². The van der Waals surface area contributed by atoms with E-state index in [1.54, 1.807) is 10.9 Å². The summed E-state index contributed by atoms with van der Waals surface area (Å²) < 4.78 is 1.77. The molecule has 2 rings (SSSR count). The van der Waals surface area contributed by atoms with Crippen LogP contribution in [0.15, 0.2) is 12.3 Å². The molecule has 1 atom stereocenters. The van der Waals surface area contributed by atoms with Crippen molar-refractivity contribution >= 4 is 5.91 Å². The lowest BCUT2D eigenvalue weighted by atomic mass is 10.2. The predicted molar refractivity (Wildman–Crippen MR) is 62.1 cm³/mol. The topological polar surface area (TPSA) is 46.9 Å². The SMILES string of the molecule is Cc1ccnn1C(C)C(=O)NC1CCCC1. The van der Waals surface area contributed by atoms with Crippen LogP contribution in [0.25, 0.3) is 0 Å². The molecule has 0 spiro atoms. The molecule has 1 heterocycles. The minimum Gasteiger partial charge on any atom is -0.352 e. The van der Waals surface area contributed by atoms with Gasteiger partial charge in [-0.05, 0) is 32.8 Å². The van der Waals surface area contributed by atoms with Crippen LogP contribution in [-0.2, 0) is 4.79 Å². The van der Waals surface area contributed by atoms with Crippen molar-refractivity contribution in [2.75, 3.05) is 0 Å². The Balaban J connectivity index is 1.96. The zero-order chi connectivity index (χ0) is 11.5. The Morgan fingerprint density at radius 1 is 1.56 bits per heavy atom. The van der Waals surface area contributed by atoms with Gasteiger partial charge in [0.25, 0.3) is 0 Å². The molecule has 4 nitrogen and oxygen atoms in total. The maximum absolute atomic E-state index is 12.0. The second-order valence-corrected chi connectivity index (χ2v) is 4.58. The van der Waals surface area contributed by atoms with Crippen molar-refractivity contribution in [1.29, 1.82) is 0 Å². The minimum absolute atomic E-state index is 0.0821. The number of aryl methyl sites for hydroxylation is 1. The van der Waals surface area contributed by atoms with Crippen LogP contribution in [-0.4, -0.2) is 21.7 Å². The molecule has 0 saturated heterocycles. The van der Waals surface area contributed by atoms with Gasteiger partial charge >= 0.3 is 0 Å². The fraction of sp³-hybridized carbons (Fsp3) is 0.667. The zero-order valence-corrected chi connectivity index (χ0v) is 9.94. The number of nitrogens with one attached hydrogen (secondary N) is 1. The van der Waals surface area contributed by atoms with Crippen LogP contribution in [0, 0.1) is 6.92 Å². The third-order valence-corrected chi connectivity index (χ3v) is 3.32. The Hall–Kier alpha value is -1.32. The van der Waals surface area contributed by atoms with Crippen LogP contribution >= 0.6 is 0 Å². The van der Waals surface area contributed by atoms with Crippen LogP contribution < -0.4 is 5.32 Å². The molecule has 1 aliphatic rings. The molecule has 1 N–H and O–H groups in total. The summed E-state index contributed by atoms with van der Waals surface area (Å²) >= 11 is 0. The third-order valence-electron chi connectivity index (χ3n) is 3.32. The van der Waals surface area contributed by atoms with E-state index in [9.17, 15) is 4.79 Å². The van der Waals surface area contributed by atoms with Gasteiger partial charge in [0.2, 0.25) is 5.91 Å². The Morgan fingerprint density at radius 2 is 2.25 bits per heavy atom. The number of hydrogen-bond acceptors (Lipinski definition) is 2. The number of hydrogen-bond donors (Lipinski definition) is 1. The maximum Gasteiger partial charge on any atom is 0.244 e. The van der Waals surface area contributed by atoms with Crippen LogP contribution in [0.1, 0.15) is 44.3 Å². The van der Waals surface area contributed by atoms with E-state index in [-0.39, 0.29) is 11.9 Å². The third kappa shape index (κ3) is 2.26. The number of aromatic nitrogens is 2. The molecule has 1 aliphatic carbocycles. The summed E-state index contributed by atoms with van der Waals surface area (Å²) in [5, 5.41) is 7.26. The lowest BCUT2D eigenvalue weighted by molar-refractivity contribution is -0.124. The van der Waals surface area contributed by atoms with Crippen LogP contribution in [0.3, 0.4) is 0 Å². The fourth-order valence-electron chi connectivity index (χ4n) is 2.29. The number of amides is 1. The highest BCUT2D eigenvalue weighted by atomic mass is 16.2. The minimum atomic E-state index is -0.212. The van der Waals surface area contributed by atoms with Gasteiger partial charge in [0.1, 0.15) is 6.04 Å². The number of rotatable bonds is 3. The van der Waals surface area contributed by atoms with Crippen molar-refractivity contribution < 1.29 is 4.79 Å². The monoisotopic (exact) mass is 221 g/mol. The maximum atomic E-state index is 12.0. The number of carbonyl (C=O) groups is 1. The summed E-state index contributed by atoms with van der Waals surface area (Å²) in [4.78, 5) is 12.0. The summed E-state index contributed by atoms with van der Waals surface area (Å²) in [6.45, 7) is 3.86. The molecular formula is C12H19N3O. The molecule has 1 saturated carbocycles. The molecule has 1 aromatic rings. The highest BCUT2D eigenvalue weighted by Crippen LogP contribution is 2.18. The summed E-state index contributed by atoms with van der Waals surface area (Å²) in [6, 6.07) is 2.08. The summed E-state index contributed by atoms with van der Waals surface area (Å²) in [5.74, 6) is 0.0821. The van der Waals surface area contributed by atoms with Gasteiger partial charge in [-0.25, -0.2) is 0 Å².